The zero-order valence-electron chi connectivity index (χ0n) is 18.9. The summed E-state index contributed by atoms with van der Waals surface area (Å²) in [7, 11) is 0. The highest BCUT2D eigenvalue weighted by Crippen LogP contribution is 2.39. The van der Waals surface area contributed by atoms with Crippen LogP contribution in [0.4, 0.5) is 11.4 Å². The molecule has 172 valence electrons. The second-order valence-electron chi connectivity index (χ2n) is 7.90. The molecule has 3 N–H and O–H groups in total. The third-order valence-corrected chi connectivity index (χ3v) is 6.23. The van der Waals surface area contributed by atoms with E-state index >= 15 is 0 Å². The molecule has 4 aromatic rings. The van der Waals surface area contributed by atoms with Crippen molar-refractivity contribution in [1.82, 2.24) is 4.57 Å². The summed E-state index contributed by atoms with van der Waals surface area (Å²) in [6, 6.07) is 23.1. The average Bonchev–Trinajstić information content (AvgIpc) is 3.10. The number of hydrogen-bond donors (Lipinski definition) is 3. The molecular formula is C26H25N5O2S. The molecule has 0 aliphatic rings. The molecular weight excluding hydrogens is 446 g/mol. The Morgan fingerprint density at radius 2 is 1.76 bits per heavy atom. The van der Waals surface area contributed by atoms with Gasteiger partial charge in [-0.2, -0.15) is 0 Å². The molecule has 0 aliphatic heterocycles. The van der Waals surface area contributed by atoms with Gasteiger partial charge in [0.05, 0.1) is 17.8 Å². The van der Waals surface area contributed by atoms with E-state index in [9.17, 15) is 9.90 Å². The van der Waals surface area contributed by atoms with Gasteiger partial charge in [-0.15, -0.1) is 10.2 Å². The molecule has 3 aromatic carbocycles. The van der Waals surface area contributed by atoms with Crippen molar-refractivity contribution in [2.75, 3.05) is 11.1 Å². The third-order valence-electron chi connectivity index (χ3n) is 5.47. The summed E-state index contributed by atoms with van der Waals surface area (Å²) in [5.41, 5.74) is 5.14. The number of amides is 1. The molecule has 0 radical (unpaired) electrons. The minimum Gasteiger partial charge on any atom is -0.493 e. The maximum Gasteiger partial charge on any atom is 0.234 e. The van der Waals surface area contributed by atoms with Crippen molar-refractivity contribution in [3.63, 3.8) is 0 Å². The first kappa shape index (κ1) is 23.3. The van der Waals surface area contributed by atoms with E-state index in [0.717, 1.165) is 45.0 Å². The molecule has 1 heterocycles. The minimum absolute atomic E-state index is 0.0147. The van der Waals surface area contributed by atoms with Crippen LogP contribution in [-0.4, -0.2) is 26.5 Å². The average molecular weight is 472 g/mol. The minimum atomic E-state index is -0.226. The van der Waals surface area contributed by atoms with Gasteiger partial charge in [0.1, 0.15) is 0 Å². The van der Waals surface area contributed by atoms with Crippen LogP contribution in [0.25, 0.3) is 10.9 Å². The number of benzene rings is 3. The SMILES string of the molecule is Cc1ccc(NC(=O)CSC(=N)N=Nc2c(O)n(Cc3ccccc3)c3ccccc23)cc1C. The molecule has 1 amide bonds. The number of para-hydroxylation sites is 1. The lowest BCUT2D eigenvalue weighted by atomic mass is 10.1. The summed E-state index contributed by atoms with van der Waals surface area (Å²) in [4.78, 5) is 12.2. The number of azo groups is 1. The molecule has 0 atom stereocenters. The van der Waals surface area contributed by atoms with E-state index in [1.54, 1.807) is 4.57 Å². The highest BCUT2D eigenvalue weighted by atomic mass is 32.2. The van der Waals surface area contributed by atoms with Crippen LogP contribution >= 0.6 is 11.8 Å². The first-order chi connectivity index (χ1) is 16.4. The number of nitrogens with one attached hydrogen (secondary N) is 2. The number of aromatic nitrogens is 1. The summed E-state index contributed by atoms with van der Waals surface area (Å²) in [6.45, 7) is 4.48. The Bertz CT molecular complexity index is 1380. The Morgan fingerprint density at radius 1 is 1.03 bits per heavy atom. The lowest BCUT2D eigenvalue weighted by molar-refractivity contribution is -0.113. The topological polar surface area (TPSA) is 103 Å². The van der Waals surface area contributed by atoms with E-state index in [1.165, 1.54) is 0 Å². The first-order valence-corrected chi connectivity index (χ1v) is 11.7. The molecule has 0 bridgehead atoms. The number of anilines is 1. The summed E-state index contributed by atoms with van der Waals surface area (Å²) in [6.07, 6.45) is 0. The van der Waals surface area contributed by atoms with E-state index in [-0.39, 0.29) is 22.7 Å². The number of thioether (sulfide) groups is 1. The van der Waals surface area contributed by atoms with Crippen molar-refractivity contribution in [2.45, 2.75) is 20.4 Å². The second kappa shape index (κ2) is 10.4. The number of hydrogen-bond acceptors (Lipinski definition) is 5. The number of amidine groups is 1. The molecule has 4 rings (SSSR count). The maximum absolute atomic E-state index is 12.2. The summed E-state index contributed by atoms with van der Waals surface area (Å²) in [5.74, 6) is -0.207. The van der Waals surface area contributed by atoms with Crippen LogP contribution < -0.4 is 5.32 Å². The van der Waals surface area contributed by atoms with Crippen molar-refractivity contribution in [3.05, 3.63) is 89.5 Å². The number of carbonyl (C=O) groups is 1. The molecule has 34 heavy (non-hydrogen) atoms. The van der Waals surface area contributed by atoms with Gasteiger partial charge in [-0.3, -0.25) is 10.2 Å². The lowest BCUT2D eigenvalue weighted by Gasteiger charge is -2.07. The van der Waals surface area contributed by atoms with Gasteiger partial charge in [0.2, 0.25) is 17.0 Å². The van der Waals surface area contributed by atoms with Crippen LogP contribution in [0.2, 0.25) is 0 Å². The number of nitrogens with zero attached hydrogens (tertiary/aromatic N) is 3. The van der Waals surface area contributed by atoms with Gasteiger partial charge >= 0.3 is 0 Å². The normalized spacial score (nSPS) is 11.2. The molecule has 0 aliphatic carbocycles. The monoisotopic (exact) mass is 471 g/mol. The van der Waals surface area contributed by atoms with E-state index in [2.05, 4.69) is 15.5 Å². The zero-order valence-corrected chi connectivity index (χ0v) is 19.8. The third kappa shape index (κ3) is 5.35. The molecule has 0 saturated heterocycles. The Balaban J connectivity index is 1.44. The van der Waals surface area contributed by atoms with Gasteiger partial charge in [-0.05, 0) is 48.7 Å². The van der Waals surface area contributed by atoms with Crippen LogP contribution in [0.15, 0.2) is 83.0 Å². The Labute approximate surface area is 202 Å². The summed E-state index contributed by atoms with van der Waals surface area (Å²) >= 11 is 0.973. The van der Waals surface area contributed by atoms with Gasteiger partial charge in [-0.25, -0.2) is 0 Å². The predicted octanol–water partition coefficient (Wildman–Crippen LogP) is 6.40. The number of aromatic hydroxyl groups is 1. The van der Waals surface area contributed by atoms with Crippen molar-refractivity contribution in [3.8, 4) is 5.88 Å². The molecule has 7 nitrogen and oxygen atoms in total. The van der Waals surface area contributed by atoms with E-state index < -0.39 is 0 Å². The molecule has 0 unspecified atom stereocenters. The quantitative estimate of drug-likeness (QED) is 0.172. The maximum atomic E-state index is 12.2. The van der Waals surface area contributed by atoms with Crippen LogP contribution in [0.5, 0.6) is 5.88 Å². The largest absolute Gasteiger partial charge is 0.493 e. The number of carbonyl (C=O) groups excluding carboxylic acids is 1. The van der Waals surface area contributed by atoms with E-state index in [0.29, 0.717) is 12.2 Å². The van der Waals surface area contributed by atoms with Gasteiger partial charge in [0.25, 0.3) is 0 Å². The van der Waals surface area contributed by atoms with E-state index in [4.69, 9.17) is 5.41 Å². The Hall–Kier alpha value is -3.91. The van der Waals surface area contributed by atoms with Crippen LogP contribution in [0.1, 0.15) is 16.7 Å². The van der Waals surface area contributed by atoms with Gasteiger partial charge < -0.3 is 15.0 Å². The van der Waals surface area contributed by atoms with Crippen molar-refractivity contribution in [1.29, 1.82) is 5.41 Å². The summed E-state index contributed by atoms with van der Waals surface area (Å²) in [5, 5.41) is 30.5. The van der Waals surface area contributed by atoms with Crippen LogP contribution in [0, 0.1) is 19.3 Å². The molecule has 0 saturated carbocycles. The van der Waals surface area contributed by atoms with Crippen molar-refractivity contribution >= 4 is 45.1 Å². The Morgan fingerprint density at radius 3 is 2.53 bits per heavy atom. The number of fused-ring (bicyclic) bond motifs is 1. The second-order valence-corrected chi connectivity index (χ2v) is 8.87. The van der Waals surface area contributed by atoms with Gasteiger partial charge in [0.15, 0.2) is 5.69 Å². The van der Waals surface area contributed by atoms with E-state index in [1.807, 2.05) is 86.6 Å². The molecule has 1 aromatic heterocycles. The lowest BCUT2D eigenvalue weighted by Crippen LogP contribution is -2.15. The highest BCUT2D eigenvalue weighted by molar-refractivity contribution is 8.14. The summed E-state index contributed by atoms with van der Waals surface area (Å²) < 4.78 is 1.77. The Kier molecular flexibility index (Phi) is 7.08. The van der Waals surface area contributed by atoms with Gasteiger partial charge in [-0.1, -0.05) is 66.4 Å². The fraction of sp³-hybridized carbons (Fsp3) is 0.154. The zero-order chi connectivity index (χ0) is 24.1. The standard InChI is InChI=1S/C26H25N5O2S/c1-17-12-13-20(14-18(17)2)28-23(32)16-34-26(27)30-29-24-21-10-6-7-11-22(21)31(25(24)33)15-19-8-4-3-5-9-19/h3-14,27,33H,15-16H2,1-2H3,(H,28,32). The van der Waals surface area contributed by atoms with Crippen molar-refractivity contribution < 1.29 is 9.90 Å². The van der Waals surface area contributed by atoms with Crippen molar-refractivity contribution in [2.24, 2.45) is 10.2 Å². The molecule has 8 heteroatoms. The number of rotatable bonds is 6. The van der Waals surface area contributed by atoms with Gasteiger partial charge in [0, 0.05) is 11.1 Å². The van der Waals surface area contributed by atoms with Crippen LogP contribution in [-0.2, 0) is 11.3 Å². The first-order valence-electron chi connectivity index (χ1n) is 10.8. The fourth-order valence-corrected chi connectivity index (χ4v) is 4.01. The molecule has 0 spiro atoms. The predicted molar refractivity (Wildman–Crippen MR) is 138 cm³/mol. The van der Waals surface area contributed by atoms with Crippen LogP contribution in [0.3, 0.4) is 0 Å². The molecule has 0 fully saturated rings. The fourth-order valence-electron chi connectivity index (χ4n) is 3.57. The highest BCUT2D eigenvalue weighted by Gasteiger charge is 2.17. The number of aryl methyl sites for hydroxylation is 2. The smallest absolute Gasteiger partial charge is 0.234 e.